The van der Waals surface area contributed by atoms with Gasteiger partial charge in [0.2, 0.25) is 0 Å². The molecule has 0 aliphatic carbocycles. The molecule has 108 valence electrons. The second kappa shape index (κ2) is 5.10. The number of carbonyl (C=O) groups is 2. The smallest absolute Gasteiger partial charge is 0.265 e. The van der Waals surface area contributed by atoms with Crippen molar-refractivity contribution in [2.45, 2.75) is 6.92 Å². The average molecular weight is 303 g/mol. The Morgan fingerprint density at radius 1 is 1.43 bits per heavy atom. The minimum Gasteiger partial charge on any atom is -0.482 e. The number of hydrogen-bond acceptors (Lipinski definition) is 5. The van der Waals surface area contributed by atoms with E-state index in [4.69, 9.17) is 10.5 Å². The van der Waals surface area contributed by atoms with Gasteiger partial charge in [-0.1, -0.05) is 0 Å². The first-order valence-electron chi connectivity index (χ1n) is 6.27. The molecule has 1 aromatic carbocycles. The minimum atomic E-state index is -0.238. The van der Waals surface area contributed by atoms with E-state index in [2.05, 4.69) is 10.6 Å². The van der Waals surface area contributed by atoms with E-state index in [-0.39, 0.29) is 18.4 Å². The van der Waals surface area contributed by atoms with E-state index >= 15 is 0 Å². The maximum atomic E-state index is 12.1. The van der Waals surface area contributed by atoms with Crippen LogP contribution in [0.4, 0.5) is 17.1 Å². The zero-order valence-electron chi connectivity index (χ0n) is 11.2. The molecule has 0 spiro atoms. The van der Waals surface area contributed by atoms with E-state index in [0.29, 0.717) is 27.7 Å². The summed E-state index contributed by atoms with van der Waals surface area (Å²) in [5, 5.41) is 5.42. The molecule has 2 heterocycles. The number of nitrogen functional groups attached to an aromatic ring is 1. The fraction of sp³-hybridized carbons (Fsp3) is 0.143. The summed E-state index contributed by atoms with van der Waals surface area (Å²) < 4.78 is 5.26. The molecular weight excluding hydrogens is 290 g/mol. The van der Waals surface area contributed by atoms with Crippen LogP contribution >= 0.6 is 11.3 Å². The summed E-state index contributed by atoms with van der Waals surface area (Å²) in [4.78, 5) is 25.1. The molecule has 4 N–H and O–H groups in total. The van der Waals surface area contributed by atoms with Crippen molar-refractivity contribution in [3.63, 3.8) is 0 Å². The van der Waals surface area contributed by atoms with Crippen LogP contribution in [0.1, 0.15) is 14.5 Å². The maximum Gasteiger partial charge on any atom is 0.265 e. The summed E-state index contributed by atoms with van der Waals surface area (Å²) in [5.41, 5.74) is 7.23. The first-order valence-corrected chi connectivity index (χ1v) is 7.08. The molecule has 1 aliphatic rings. The number of hydrogen-bond donors (Lipinski definition) is 3. The molecule has 1 aliphatic heterocycles. The van der Waals surface area contributed by atoms with E-state index in [0.717, 1.165) is 4.88 Å². The number of nitrogens with one attached hydrogen (secondary N) is 2. The number of benzene rings is 1. The molecule has 0 fully saturated rings. The van der Waals surface area contributed by atoms with Gasteiger partial charge in [-0.15, -0.1) is 11.3 Å². The summed E-state index contributed by atoms with van der Waals surface area (Å²) in [6, 6.07) is 6.82. The quantitative estimate of drug-likeness (QED) is 0.742. The topological polar surface area (TPSA) is 93.5 Å². The van der Waals surface area contributed by atoms with Crippen LogP contribution < -0.4 is 21.1 Å². The Labute approximate surface area is 124 Å². The Bertz CT molecular complexity index is 739. The largest absolute Gasteiger partial charge is 0.482 e. The third-order valence-corrected chi connectivity index (χ3v) is 4.00. The summed E-state index contributed by atoms with van der Waals surface area (Å²) in [6.45, 7) is 1.90. The Morgan fingerprint density at radius 2 is 2.24 bits per heavy atom. The van der Waals surface area contributed by atoms with Gasteiger partial charge in [0, 0.05) is 10.9 Å². The van der Waals surface area contributed by atoms with E-state index < -0.39 is 0 Å². The van der Waals surface area contributed by atoms with E-state index in [1.54, 1.807) is 18.2 Å². The van der Waals surface area contributed by atoms with Crippen molar-refractivity contribution in [1.82, 2.24) is 0 Å². The molecule has 1 aromatic heterocycles. The number of amides is 2. The second-order valence-electron chi connectivity index (χ2n) is 4.64. The van der Waals surface area contributed by atoms with Crippen LogP contribution in [0, 0.1) is 6.92 Å². The summed E-state index contributed by atoms with van der Waals surface area (Å²) >= 11 is 1.40. The van der Waals surface area contributed by atoms with Crippen LogP contribution in [0.15, 0.2) is 24.3 Å². The standard InChI is InChI=1S/C14H13N3O3S/c1-7-2-3-12(21-7)14(19)17-9-5-10-11(4-8(9)15)20-6-13(18)16-10/h2-5H,6,15H2,1H3,(H,16,18)(H,17,19). The fourth-order valence-electron chi connectivity index (χ4n) is 1.99. The molecule has 3 rings (SSSR count). The Kier molecular flexibility index (Phi) is 3.26. The van der Waals surface area contributed by atoms with Gasteiger partial charge in [0.1, 0.15) is 5.75 Å². The average Bonchev–Trinajstić information content (AvgIpc) is 2.87. The van der Waals surface area contributed by atoms with Gasteiger partial charge in [0.15, 0.2) is 6.61 Å². The van der Waals surface area contributed by atoms with Gasteiger partial charge < -0.3 is 21.1 Å². The summed E-state index contributed by atoms with van der Waals surface area (Å²) in [7, 11) is 0. The van der Waals surface area contributed by atoms with Gasteiger partial charge in [-0.25, -0.2) is 0 Å². The van der Waals surface area contributed by atoms with Gasteiger partial charge in [-0.05, 0) is 25.1 Å². The lowest BCUT2D eigenvalue weighted by molar-refractivity contribution is -0.118. The van der Waals surface area contributed by atoms with Crippen molar-refractivity contribution in [3.8, 4) is 5.75 Å². The van der Waals surface area contributed by atoms with Crippen LogP contribution in [-0.2, 0) is 4.79 Å². The Balaban J connectivity index is 1.87. The van der Waals surface area contributed by atoms with Crippen LogP contribution in [0.5, 0.6) is 5.75 Å². The molecule has 7 heteroatoms. The molecule has 2 amide bonds. The first kappa shape index (κ1) is 13.4. The minimum absolute atomic E-state index is 0.0351. The number of fused-ring (bicyclic) bond motifs is 1. The molecule has 6 nitrogen and oxygen atoms in total. The number of aryl methyl sites for hydroxylation is 1. The third-order valence-electron chi connectivity index (χ3n) is 3.00. The Hall–Kier alpha value is -2.54. The molecule has 0 saturated carbocycles. The van der Waals surface area contributed by atoms with Crippen LogP contribution in [0.2, 0.25) is 0 Å². The van der Waals surface area contributed by atoms with Crippen LogP contribution in [-0.4, -0.2) is 18.4 Å². The lowest BCUT2D eigenvalue weighted by Crippen LogP contribution is -2.25. The van der Waals surface area contributed by atoms with Crippen LogP contribution in [0.25, 0.3) is 0 Å². The lowest BCUT2D eigenvalue weighted by Gasteiger charge is -2.20. The molecule has 2 aromatic rings. The highest BCUT2D eigenvalue weighted by Crippen LogP contribution is 2.35. The predicted octanol–water partition coefficient (Wildman–Crippen LogP) is 2.22. The molecule has 21 heavy (non-hydrogen) atoms. The van der Waals surface area contributed by atoms with Gasteiger partial charge in [0.25, 0.3) is 11.8 Å². The zero-order valence-corrected chi connectivity index (χ0v) is 12.0. The van der Waals surface area contributed by atoms with Crippen molar-refractivity contribution in [3.05, 3.63) is 34.0 Å². The highest BCUT2D eigenvalue weighted by Gasteiger charge is 2.19. The number of rotatable bonds is 2. The van der Waals surface area contributed by atoms with Gasteiger partial charge in [-0.3, -0.25) is 9.59 Å². The number of anilines is 3. The van der Waals surface area contributed by atoms with E-state index in [9.17, 15) is 9.59 Å². The van der Waals surface area contributed by atoms with Gasteiger partial charge in [0.05, 0.1) is 21.9 Å². The number of nitrogens with two attached hydrogens (primary N) is 1. The highest BCUT2D eigenvalue weighted by atomic mass is 32.1. The Morgan fingerprint density at radius 3 is 2.95 bits per heavy atom. The molecule has 0 radical (unpaired) electrons. The maximum absolute atomic E-state index is 12.1. The van der Waals surface area contributed by atoms with Crippen molar-refractivity contribution in [2.24, 2.45) is 0 Å². The summed E-state index contributed by atoms with van der Waals surface area (Å²) in [6.07, 6.45) is 0. The van der Waals surface area contributed by atoms with Crippen LogP contribution in [0.3, 0.4) is 0 Å². The molecule has 0 atom stereocenters. The predicted molar refractivity (Wildman–Crippen MR) is 82.0 cm³/mol. The highest BCUT2D eigenvalue weighted by molar-refractivity contribution is 7.14. The second-order valence-corrected chi connectivity index (χ2v) is 5.92. The SMILES string of the molecule is Cc1ccc(C(=O)Nc2cc3c(cc2N)OCC(=O)N3)s1. The lowest BCUT2D eigenvalue weighted by atomic mass is 10.2. The van der Waals surface area contributed by atoms with Crippen molar-refractivity contribution >= 4 is 40.2 Å². The zero-order chi connectivity index (χ0) is 15.0. The van der Waals surface area contributed by atoms with Crippen molar-refractivity contribution < 1.29 is 14.3 Å². The monoisotopic (exact) mass is 303 g/mol. The molecule has 0 bridgehead atoms. The molecule has 0 unspecified atom stereocenters. The number of thiophene rings is 1. The number of carbonyl (C=O) groups excluding carboxylic acids is 2. The fourth-order valence-corrected chi connectivity index (χ4v) is 2.75. The first-order chi connectivity index (χ1) is 10.0. The van der Waals surface area contributed by atoms with E-state index in [1.807, 2.05) is 13.0 Å². The molecular formula is C14H13N3O3S. The van der Waals surface area contributed by atoms with E-state index in [1.165, 1.54) is 11.3 Å². The van der Waals surface area contributed by atoms with Crippen molar-refractivity contribution in [2.75, 3.05) is 23.0 Å². The third kappa shape index (κ3) is 2.68. The number of ether oxygens (including phenoxy) is 1. The van der Waals surface area contributed by atoms with Gasteiger partial charge >= 0.3 is 0 Å². The normalized spacial score (nSPS) is 13.1. The van der Waals surface area contributed by atoms with Gasteiger partial charge in [-0.2, -0.15) is 0 Å². The van der Waals surface area contributed by atoms with Crippen molar-refractivity contribution in [1.29, 1.82) is 0 Å². The summed E-state index contributed by atoms with van der Waals surface area (Å²) in [5.74, 6) is 0.0262. The molecule has 0 saturated heterocycles.